The Morgan fingerprint density at radius 2 is 1.94 bits per heavy atom. The third kappa shape index (κ3) is 4.94. The maximum atomic E-state index is 10.1. The van der Waals surface area contributed by atoms with Crippen LogP contribution in [0.15, 0.2) is 18.2 Å². The lowest BCUT2D eigenvalue weighted by atomic mass is 9.94. The van der Waals surface area contributed by atoms with Gasteiger partial charge in [-0.1, -0.05) is 19.9 Å². The van der Waals surface area contributed by atoms with Crippen molar-refractivity contribution in [3.8, 4) is 11.5 Å². The SMILES string of the molecule is CC(C)CC(C)(O)CNCc1ccc(O)cc1O. The topological polar surface area (TPSA) is 72.7 Å². The van der Waals surface area contributed by atoms with E-state index in [0.717, 1.165) is 6.42 Å². The lowest BCUT2D eigenvalue weighted by Crippen LogP contribution is -2.38. The van der Waals surface area contributed by atoms with Crippen LogP contribution in [0.25, 0.3) is 0 Å². The van der Waals surface area contributed by atoms with Crippen LogP contribution in [0.2, 0.25) is 0 Å². The van der Waals surface area contributed by atoms with Gasteiger partial charge in [-0.05, 0) is 25.3 Å². The van der Waals surface area contributed by atoms with Crippen molar-refractivity contribution in [3.05, 3.63) is 23.8 Å². The number of phenols is 2. The predicted molar refractivity (Wildman–Crippen MR) is 71.6 cm³/mol. The zero-order valence-corrected chi connectivity index (χ0v) is 11.3. The van der Waals surface area contributed by atoms with Gasteiger partial charge in [-0.2, -0.15) is 0 Å². The average Bonchev–Trinajstić information content (AvgIpc) is 2.19. The van der Waals surface area contributed by atoms with Crippen molar-refractivity contribution in [1.29, 1.82) is 0 Å². The molecule has 0 aliphatic rings. The summed E-state index contributed by atoms with van der Waals surface area (Å²) in [6.07, 6.45) is 0.724. The molecule has 1 atom stereocenters. The number of phenolic OH excluding ortho intramolecular Hbond substituents is 2. The minimum atomic E-state index is -0.749. The highest BCUT2D eigenvalue weighted by molar-refractivity contribution is 5.38. The maximum Gasteiger partial charge on any atom is 0.123 e. The van der Waals surface area contributed by atoms with Crippen molar-refractivity contribution in [1.82, 2.24) is 5.32 Å². The first-order chi connectivity index (χ1) is 8.30. The standard InChI is InChI=1S/C14H23NO3/c1-10(2)7-14(3,18)9-15-8-11-4-5-12(16)6-13(11)17/h4-6,10,15-18H,7-9H2,1-3H3. The second-order valence-corrected chi connectivity index (χ2v) is 5.51. The molecule has 18 heavy (non-hydrogen) atoms. The Morgan fingerprint density at radius 3 is 2.50 bits per heavy atom. The predicted octanol–water partition coefficient (Wildman–Crippen LogP) is 1.98. The van der Waals surface area contributed by atoms with Gasteiger partial charge < -0.3 is 20.6 Å². The van der Waals surface area contributed by atoms with Crippen molar-refractivity contribution in [3.63, 3.8) is 0 Å². The largest absolute Gasteiger partial charge is 0.508 e. The zero-order valence-electron chi connectivity index (χ0n) is 11.3. The van der Waals surface area contributed by atoms with Crippen LogP contribution in [0.1, 0.15) is 32.8 Å². The molecular formula is C14H23NO3. The second kappa shape index (κ2) is 6.07. The van der Waals surface area contributed by atoms with E-state index < -0.39 is 5.60 Å². The molecule has 0 amide bonds. The molecule has 102 valence electrons. The molecule has 0 aliphatic heterocycles. The van der Waals surface area contributed by atoms with Gasteiger partial charge in [-0.15, -0.1) is 0 Å². The number of aliphatic hydroxyl groups is 1. The summed E-state index contributed by atoms with van der Waals surface area (Å²) in [6, 6.07) is 4.50. The number of benzene rings is 1. The third-order valence-electron chi connectivity index (χ3n) is 2.74. The number of nitrogens with one attached hydrogen (secondary N) is 1. The highest BCUT2D eigenvalue weighted by Gasteiger charge is 2.21. The van der Waals surface area contributed by atoms with Crippen LogP contribution >= 0.6 is 0 Å². The van der Waals surface area contributed by atoms with Crippen LogP contribution in [0.4, 0.5) is 0 Å². The summed E-state index contributed by atoms with van der Waals surface area (Å²) in [4.78, 5) is 0. The van der Waals surface area contributed by atoms with Crippen molar-refractivity contribution < 1.29 is 15.3 Å². The molecule has 0 saturated carbocycles. The monoisotopic (exact) mass is 253 g/mol. The Hall–Kier alpha value is -1.26. The molecule has 0 aromatic heterocycles. The van der Waals surface area contributed by atoms with Gasteiger partial charge in [0.25, 0.3) is 0 Å². The maximum absolute atomic E-state index is 10.1. The van der Waals surface area contributed by atoms with Crippen molar-refractivity contribution in [2.24, 2.45) is 5.92 Å². The highest BCUT2D eigenvalue weighted by Crippen LogP contribution is 2.22. The number of rotatable bonds is 6. The summed E-state index contributed by atoms with van der Waals surface area (Å²) in [5.74, 6) is 0.540. The molecule has 1 aromatic rings. The first-order valence-electron chi connectivity index (χ1n) is 6.24. The molecule has 4 nitrogen and oxygen atoms in total. The van der Waals surface area contributed by atoms with Gasteiger partial charge in [0.1, 0.15) is 11.5 Å². The Balaban J connectivity index is 2.46. The van der Waals surface area contributed by atoms with Crippen LogP contribution < -0.4 is 5.32 Å². The quantitative estimate of drug-likeness (QED) is 0.625. The minimum absolute atomic E-state index is 0.0445. The first kappa shape index (κ1) is 14.8. The minimum Gasteiger partial charge on any atom is -0.508 e. The van der Waals surface area contributed by atoms with Gasteiger partial charge in [-0.25, -0.2) is 0 Å². The van der Waals surface area contributed by atoms with Crippen molar-refractivity contribution >= 4 is 0 Å². The fourth-order valence-electron chi connectivity index (χ4n) is 2.12. The highest BCUT2D eigenvalue weighted by atomic mass is 16.3. The van der Waals surface area contributed by atoms with Crippen LogP contribution in [0, 0.1) is 5.92 Å². The van der Waals surface area contributed by atoms with Gasteiger partial charge in [0.2, 0.25) is 0 Å². The Labute approximate surface area is 108 Å². The van der Waals surface area contributed by atoms with E-state index in [4.69, 9.17) is 0 Å². The van der Waals surface area contributed by atoms with Crippen molar-refractivity contribution in [2.45, 2.75) is 39.3 Å². The number of hydrogen-bond donors (Lipinski definition) is 4. The van der Waals surface area contributed by atoms with Crippen LogP contribution in [0.5, 0.6) is 11.5 Å². The summed E-state index contributed by atoms with van der Waals surface area (Å²) >= 11 is 0. The van der Waals surface area contributed by atoms with E-state index in [9.17, 15) is 15.3 Å². The summed E-state index contributed by atoms with van der Waals surface area (Å²) in [5, 5.41) is 32.0. The number of hydrogen-bond acceptors (Lipinski definition) is 4. The average molecular weight is 253 g/mol. The molecule has 0 radical (unpaired) electrons. The van der Waals surface area contributed by atoms with E-state index in [2.05, 4.69) is 19.2 Å². The van der Waals surface area contributed by atoms with Crippen LogP contribution in [-0.4, -0.2) is 27.5 Å². The smallest absolute Gasteiger partial charge is 0.123 e. The van der Waals surface area contributed by atoms with Gasteiger partial charge in [0.15, 0.2) is 0 Å². The second-order valence-electron chi connectivity index (χ2n) is 5.51. The molecular weight excluding hydrogens is 230 g/mol. The normalized spacial score (nSPS) is 14.7. The summed E-state index contributed by atoms with van der Waals surface area (Å²) in [5.41, 5.74) is -0.0473. The summed E-state index contributed by atoms with van der Waals surface area (Å²) in [7, 11) is 0. The molecule has 1 unspecified atom stereocenters. The Bertz CT molecular complexity index is 389. The van der Waals surface area contributed by atoms with Crippen LogP contribution in [-0.2, 0) is 6.54 Å². The van der Waals surface area contributed by atoms with Crippen LogP contribution in [0.3, 0.4) is 0 Å². The van der Waals surface area contributed by atoms with E-state index in [-0.39, 0.29) is 11.5 Å². The first-order valence-corrected chi connectivity index (χ1v) is 6.24. The van der Waals surface area contributed by atoms with Gasteiger partial charge in [0.05, 0.1) is 5.60 Å². The third-order valence-corrected chi connectivity index (χ3v) is 2.74. The lowest BCUT2D eigenvalue weighted by Gasteiger charge is -2.25. The number of aromatic hydroxyl groups is 2. The van der Waals surface area contributed by atoms with E-state index in [1.165, 1.54) is 12.1 Å². The molecule has 0 heterocycles. The van der Waals surface area contributed by atoms with E-state index in [1.807, 2.05) is 0 Å². The van der Waals surface area contributed by atoms with Gasteiger partial charge in [-0.3, -0.25) is 0 Å². The molecule has 0 saturated heterocycles. The molecule has 0 fully saturated rings. The zero-order chi connectivity index (χ0) is 13.8. The van der Waals surface area contributed by atoms with Gasteiger partial charge in [0, 0.05) is 24.7 Å². The van der Waals surface area contributed by atoms with E-state index in [1.54, 1.807) is 13.0 Å². The molecule has 0 bridgehead atoms. The van der Waals surface area contributed by atoms with E-state index >= 15 is 0 Å². The lowest BCUT2D eigenvalue weighted by molar-refractivity contribution is 0.0383. The Kier molecular flexibility index (Phi) is 4.99. The van der Waals surface area contributed by atoms with Crippen molar-refractivity contribution in [2.75, 3.05) is 6.54 Å². The molecule has 4 N–H and O–H groups in total. The fourth-order valence-corrected chi connectivity index (χ4v) is 2.12. The van der Waals surface area contributed by atoms with E-state index in [0.29, 0.717) is 24.6 Å². The molecule has 1 aromatic carbocycles. The molecule has 1 rings (SSSR count). The fraction of sp³-hybridized carbons (Fsp3) is 0.571. The Morgan fingerprint density at radius 1 is 1.28 bits per heavy atom. The molecule has 0 spiro atoms. The molecule has 0 aliphatic carbocycles. The summed E-state index contributed by atoms with van der Waals surface area (Å²) < 4.78 is 0. The molecule has 4 heteroatoms. The summed E-state index contributed by atoms with van der Waals surface area (Å²) in [6.45, 7) is 6.86. The van der Waals surface area contributed by atoms with Gasteiger partial charge >= 0.3 is 0 Å².